The summed E-state index contributed by atoms with van der Waals surface area (Å²) in [6, 6.07) is 0.236. The van der Waals surface area contributed by atoms with E-state index in [1.165, 1.54) is 0 Å². The highest BCUT2D eigenvalue weighted by Crippen LogP contribution is 2.24. The number of carbonyl (C=O) groups is 1. The van der Waals surface area contributed by atoms with Crippen molar-refractivity contribution in [3.8, 4) is 0 Å². The first-order valence-corrected chi connectivity index (χ1v) is 7.21. The highest BCUT2D eigenvalue weighted by molar-refractivity contribution is 5.97. The molecule has 1 unspecified atom stereocenters. The molecular weight excluding hydrogens is 254 g/mol. The Bertz CT molecular complexity index is 482. The first kappa shape index (κ1) is 14.8. The molecular formula is C14H25N5O. The number of piperidine rings is 1. The summed E-state index contributed by atoms with van der Waals surface area (Å²) in [5.74, 6) is 0.140. The number of rotatable bonds is 3. The molecule has 1 atom stereocenters. The molecule has 6 nitrogen and oxygen atoms in total. The Morgan fingerprint density at radius 3 is 2.80 bits per heavy atom. The van der Waals surface area contributed by atoms with Gasteiger partial charge in [0.25, 0.3) is 5.91 Å². The summed E-state index contributed by atoms with van der Waals surface area (Å²) < 4.78 is 0. The molecule has 0 bridgehead atoms. The SMILES string of the molecule is CC(C)c1[nH]nc(C(=O)N(C)C2CCCN(C)C2)c1N. The van der Waals surface area contributed by atoms with Gasteiger partial charge in [-0.15, -0.1) is 0 Å². The normalized spacial score (nSPS) is 20.4. The maximum Gasteiger partial charge on any atom is 0.276 e. The average Bonchev–Trinajstić information content (AvgIpc) is 2.79. The van der Waals surface area contributed by atoms with Crippen LogP contribution in [0.4, 0.5) is 5.69 Å². The van der Waals surface area contributed by atoms with Crippen molar-refractivity contribution in [2.24, 2.45) is 0 Å². The van der Waals surface area contributed by atoms with E-state index in [2.05, 4.69) is 22.1 Å². The van der Waals surface area contributed by atoms with E-state index in [4.69, 9.17) is 5.73 Å². The number of nitrogen functional groups attached to an aromatic ring is 1. The Kier molecular flexibility index (Phi) is 4.32. The minimum absolute atomic E-state index is 0.0917. The zero-order valence-electron chi connectivity index (χ0n) is 12.8. The predicted molar refractivity (Wildman–Crippen MR) is 79.7 cm³/mol. The summed E-state index contributed by atoms with van der Waals surface area (Å²) in [5, 5.41) is 7.01. The largest absolute Gasteiger partial charge is 0.395 e. The highest BCUT2D eigenvalue weighted by Gasteiger charge is 2.28. The van der Waals surface area contributed by atoms with Gasteiger partial charge in [-0.1, -0.05) is 13.8 Å². The van der Waals surface area contributed by atoms with Gasteiger partial charge in [0, 0.05) is 19.6 Å². The van der Waals surface area contributed by atoms with Gasteiger partial charge in [-0.2, -0.15) is 5.10 Å². The van der Waals surface area contributed by atoms with Gasteiger partial charge in [-0.3, -0.25) is 9.89 Å². The maximum atomic E-state index is 12.6. The molecule has 2 heterocycles. The lowest BCUT2D eigenvalue weighted by atomic mass is 10.0. The highest BCUT2D eigenvalue weighted by atomic mass is 16.2. The number of nitrogens with two attached hydrogens (primary N) is 1. The molecule has 1 aliphatic rings. The third-order valence-corrected chi connectivity index (χ3v) is 4.08. The average molecular weight is 279 g/mol. The van der Waals surface area contributed by atoms with Crippen molar-refractivity contribution < 1.29 is 4.79 Å². The minimum atomic E-state index is -0.0917. The molecule has 1 saturated heterocycles. The third kappa shape index (κ3) is 2.80. The summed E-state index contributed by atoms with van der Waals surface area (Å²) in [7, 11) is 3.93. The summed E-state index contributed by atoms with van der Waals surface area (Å²) in [6.07, 6.45) is 2.15. The minimum Gasteiger partial charge on any atom is -0.395 e. The summed E-state index contributed by atoms with van der Waals surface area (Å²) in [5.41, 5.74) is 7.72. The quantitative estimate of drug-likeness (QED) is 0.873. The zero-order valence-corrected chi connectivity index (χ0v) is 12.8. The van der Waals surface area contributed by atoms with Crippen LogP contribution in [-0.4, -0.2) is 59.1 Å². The van der Waals surface area contributed by atoms with E-state index in [0.717, 1.165) is 31.6 Å². The first-order chi connectivity index (χ1) is 9.41. The van der Waals surface area contributed by atoms with E-state index >= 15 is 0 Å². The number of hydrogen-bond donors (Lipinski definition) is 2. The molecule has 0 spiro atoms. The smallest absolute Gasteiger partial charge is 0.276 e. The van der Waals surface area contributed by atoms with Crippen LogP contribution < -0.4 is 5.73 Å². The topological polar surface area (TPSA) is 78.2 Å². The van der Waals surface area contributed by atoms with Crippen molar-refractivity contribution in [1.29, 1.82) is 0 Å². The first-order valence-electron chi connectivity index (χ1n) is 7.21. The lowest BCUT2D eigenvalue weighted by Gasteiger charge is -2.35. The Morgan fingerprint density at radius 1 is 1.55 bits per heavy atom. The number of likely N-dealkylation sites (tertiary alicyclic amines) is 1. The molecule has 0 radical (unpaired) electrons. The van der Waals surface area contributed by atoms with Crippen molar-refractivity contribution in [2.45, 2.75) is 38.6 Å². The molecule has 20 heavy (non-hydrogen) atoms. The van der Waals surface area contributed by atoms with Gasteiger partial charge in [0.2, 0.25) is 0 Å². The van der Waals surface area contributed by atoms with Crippen LogP contribution in [0.2, 0.25) is 0 Å². The second-order valence-corrected chi connectivity index (χ2v) is 6.03. The molecule has 2 rings (SSSR count). The van der Waals surface area contributed by atoms with E-state index in [0.29, 0.717) is 11.4 Å². The Labute approximate surface area is 120 Å². The monoisotopic (exact) mass is 279 g/mol. The number of amides is 1. The van der Waals surface area contributed by atoms with Crippen molar-refractivity contribution in [3.05, 3.63) is 11.4 Å². The maximum absolute atomic E-state index is 12.6. The molecule has 1 fully saturated rings. The summed E-state index contributed by atoms with van der Waals surface area (Å²) in [4.78, 5) is 16.6. The lowest BCUT2D eigenvalue weighted by Crippen LogP contribution is -2.47. The molecule has 3 N–H and O–H groups in total. The van der Waals surface area contributed by atoms with Crippen molar-refractivity contribution >= 4 is 11.6 Å². The molecule has 1 aliphatic heterocycles. The van der Waals surface area contributed by atoms with E-state index < -0.39 is 0 Å². The van der Waals surface area contributed by atoms with Crippen molar-refractivity contribution in [2.75, 3.05) is 32.9 Å². The van der Waals surface area contributed by atoms with Gasteiger partial charge in [-0.05, 0) is 32.4 Å². The van der Waals surface area contributed by atoms with Gasteiger partial charge in [0.15, 0.2) is 5.69 Å². The van der Waals surface area contributed by atoms with Gasteiger partial charge in [0.05, 0.1) is 11.4 Å². The number of likely N-dealkylation sites (N-methyl/N-ethyl adjacent to an activating group) is 2. The van der Waals surface area contributed by atoms with Gasteiger partial charge in [-0.25, -0.2) is 0 Å². The third-order valence-electron chi connectivity index (χ3n) is 4.08. The van der Waals surface area contributed by atoms with Gasteiger partial charge < -0.3 is 15.5 Å². The number of aromatic nitrogens is 2. The summed E-state index contributed by atoms with van der Waals surface area (Å²) in [6.45, 7) is 6.06. The fourth-order valence-electron chi connectivity index (χ4n) is 2.76. The molecule has 0 aromatic carbocycles. The van der Waals surface area contributed by atoms with Crippen LogP contribution >= 0.6 is 0 Å². The lowest BCUT2D eigenvalue weighted by molar-refractivity contribution is 0.0639. The number of H-pyrrole nitrogens is 1. The molecule has 112 valence electrons. The van der Waals surface area contributed by atoms with E-state index in [1.54, 1.807) is 4.90 Å². The van der Waals surface area contributed by atoms with Crippen LogP contribution in [0, 0.1) is 0 Å². The van der Waals surface area contributed by atoms with E-state index in [1.807, 2.05) is 20.9 Å². The van der Waals surface area contributed by atoms with Gasteiger partial charge >= 0.3 is 0 Å². The standard InChI is InChI=1S/C14H25N5O/c1-9(2)12-11(15)13(17-16-12)14(20)19(4)10-6-5-7-18(3)8-10/h9-10H,5-8,15H2,1-4H3,(H,16,17). The van der Waals surface area contributed by atoms with Crippen LogP contribution in [0.25, 0.3) is 0 Å². The van der Waals surface area contributed by atoms with Gasteiger partial charge in [0.1, 0.15) is 0 Å². The number of anilines is 1. The van der Waals surface area contributed by atoms with Crippen LogP contribution in [-0.2, 0) is 0 Å². The fraction of sp³-hybridized carbons (Fsp3) is 0.714. The van der Waals surface area contributed by atoms with Crippen molar-refractivity contribution in [1.82, 2.24) is 20.0 Å². The van der Waals surface area contributed by atoms with Crippen LogP contribution in [0.5, 0.6) is 0 Å². The predicted octanol–water partition coefficient (Wildman–Crippen LogP) is 1.28. The van der Waals surface area contributed by atoms with Crippen molar-refractivity contribution in [3.63, 3.8) is 0 Å². The van der Waals surface area contributed by atoms with E-state index in [-0.39, 0.29) is 17.9 Å². The van der Waals surface area contributed by atoms with Crippen LogP contribution in [0.1, 0.15) is 48.8 Å². The number of nitrogens with one attached hydrogen (secondary N) is 1. The Balaban J connectivity index is 2.14. The number of nitrogens with zero attached hydrogens (tertiary/aromatic N) is 3. The molecule has 1 amide bonds. The molecule has 0 aliphatic carbocycles. The Hall–Kier alpha value is -1.56. The molecule has 1 aromatic rings. The fourth-order valence-corrected chi connectivity index (χ4v) is 2.76. The number of carbonyl (C=O) groups excluding carboxylic acids is 1. The van der Waals surface area contributed by atoms with Crippen LogP contribution in [0.3, 0.4) is 0 Å². The summed E-state index contributed by atoms with van der Waals surface area (Å²) >= 11 is 0. The molecule has 6 heteroatoms. The van der Waals surface area contributed by atoms with Crippen LogP contribution in [0.15, 0.2) is 0 Å². The second-order valence-electron chi connectivity index (χ2n) is 6.03. The zero-order chi connectivity index (χ0) is 14.9. The molecule has 0 saturated carbocycles. The Morgan fingerprint density at radius 2 is 2.25 bits per heavy atom. The molecule has 1 aromatic heterocycles. The number of aromatic amines is 1. The van der Waals surface area contributed by atoms with E-state index in [9.17, 15) is 4.79 Å². The second kappa shape index (κ2) is 5.83. The number of hydrogen-bond acceptors (Lipinski definition) is 4.